The SMILES string of the molecule is Cc1cc2c(N3C4CCC3CN(C(=O)OC(C)(C)C)C4)nc(OC[C@@]34CCCN3C[C@H](F)C4)nc2c(F)c1-c1cc(O)cc2ccccc12. The van der Waals surface area contributed by atoms with Crippen LogP contribution < -0.4 is 9.64 Å². The first-order valence-electron chi connectivity index (χ1n) is 17.4. The maximum atomic E-state index is 17.2. The highest BCUT2D eigenvalue weighted by molar-refractivity contribution is 6.02. The van der Waals surface area contributed by atoms with Crippen molar-refractivity contribution in [2.45, 2.75) is 89.2 Å². The fourth-order valence-corrected chi connectivity index (χ4v) is 8.78. The Kier molecular flexibility index (Phi) is 7.62. The summed E-state index contributed by atoms with van der Waals surface area (Å²) in [4.78, 5) is 28.9. The predicted molar refractivity (Wildman–Crippen MR) is 184 cm³/mol. The van der Waals surface area contributed by atoms with Crippen LogP contribution in [0, 0.1) is 12.7 Å². The number of hydrogen-bond acceptors (Lipinski definition) is 8. The second kappa shape index (κ2) is 11.7. The van der Waals surface area contributed by atoms with Gasteiger partial charge in [-0.1, -0.05) is 24.3 Å². The van der Waals surface area contributed by atoms with Gasteiger partial charge in [0.05, 0.1) is 5.54 Å². The Bertz CT molecular complexity index is 1950. The van der Waals surface area contributed by atoms with Crippen molar-refractivity contribution in [2.75, 3.05) is 37.7 Å². The molecular formula is C38H43F2N5O4. The lowest BCUT2D eigenvalue weighted by molar-refractivity contribution is 0.0209. The monoisotopic (exact) mass is 671 g/mol. The Balaban J connectivity index is 1.24. The first-order valence-corrected chi connectivity index (χ1v) is 17.4. The largest absolute Gasteiger partial charge is 0.508 e. The molecule has 4 aliphatic heterocycles. The molecule has 5 heterocycles. The molecule has 2 bridgehead atoms. The smallest absolute Gasteiger partial charge is 0.410 e. The van der Waals surface area contributed by atoms with Gasteiger partial charge in [-0.25, -0.2) is 13.6 Å². The lowest BCUT2D eigenvalue weighted by Gasteiger charge is -2.42. The highest BCUT2D eigenvalue weighted by Crippen LogP contribution is 2.44. The van der Waals surface area contributed by atoms with Crippen molar-refractivity contribution in [1.29, 1.82) is 0 Å². The van der Waals surface area contributed by atoms with E-state index in [1.807, 2.05) is 58.0 Å². The summed E-state index contributed by atoms with van der Waals surface area (Å²) in [5, 5.41) is 12.8. The van der Waals surface area contributed by atoms with Crippen LogP contribution in [0.1, 0.15) is 58.4 Å². The molecule has 2 unspecified atom stereocenters. The number of aryl methyl sites for hydroxylation is 1. The van der Waals surface area contributed by atoms with Crippen molar-refractivity contribution in [3.63, 3.8) is 0 Å². The van der Waals surface area contributed by atoms with Gasteiger partial charge in [0.15, 0.2) is 5.82 Å². The van der Waals surface area contributed by atoms with Crippen LogP contribution in [0.15, 0.2) is 42.5 Å². The number of carbonyl (C=O) groups is 1. The van der Waals surface area contributed by atoms with E-state index in [1.54, 1.807) is 17.0 Å². The van der Waals surface area contributed by atoms with E-state index in [4.69, 9.17) is 19.4 Å². The molecule has 4 fully saturated rings. The summed E-state index contributed by atoms with van der Waals surface area (Å²) in [6.07, 6.45) is 2.63. The molecule has 49 heavy (non-hydrogen) atoms. The molecule has 9 nitrogen and oxygen atoms in total. The van der Waals surface area contributed by atoms with E-state index in [9.17, 15) is 14.3 Å². The fraction of sp³-hybridized carbons (Fsp3) is 0.500. The lowest BCUT2D eigenvalue weighted by atomic mass is 9.92. The topological polar surface area (TPSA) is 91.3 Å². The minimum atomic E-state index is -0.908. The number of likely N-dealkylation sites (tertiary alicyclic amines) is 1. The maximum absolute atomic E-state index is 17.2. The van der Waals surface area contributed by atoms with Crippen molar-refractivity contribution in [3.05, 3.63) is 53.8 Å². The van der Waals surface area contributed by atoms with Crippen molar-refractivity contribution < 1.29 is 28.2 Å². The Labute approximate surface area is 284 Å². The Morgan fingerprint density at radius 1 is 1.06 bits per heavy atom. The van der Waals surface area contributed by atoms with Crippen molar-refractivity contribution >= 4 is 33.6 Å². The van der Waals surface area contributed by atoms with Gasteiger partial charge in [0.2, 0.25) is 0 Å². The number of aromatic hydroxyl groups is 1. The zero-order valence-electron chi connectivity index (χ0n) is 28.5. The van der Waals surface area contributed by atoms with E-state index in [-0.39, 0.29) is 42.1 Å². The zero-order valence-corrected chi connectivity index (χ0v) is 28.5. The number of phenols is 1. The predicted octanol–water partition coefficient (Wildman–Crippen LogP) is 7.15. The molecule has 1 N–H and O–H groups in total. The van der Waals surface area contributed by atoms with Gasteiger partial charge in [-0.05, 0) is 100 Å². The standard InChI is InChI=1S/C38H43F2N5O4/c1-22-14-30-33(32(40)31(22)29-16-27(46)15-23-8-5-6-9-28(23)29)41-35(48-21-38-12-7-13-44(38)18-24(39)17-38)42-34(30)45-25-10-11-26(45)20-43(19-25)36(47)49-37(2,3)4/h5-6,8-9,14-16,24-26,46H,7,10-13,17-21H2,1-4H3/t24-,25?,26?,38+/m1/s1. The van der Waals surface area contributed by atoms with Gasteiger partial charge in [-0.2, -0.15) is 9.97 Å². The molecule has 258 valence electrons. The van der Waals surface area contributed by atoms with Crippen LogP contribution in [-0.4, -0.2) is 93.1 Å². The fourth-order valence-electron chi connectivity index (χ4n) is 8.78. The molecule has 4 aromatic rings. The Morgan fingerprint density at radius 2 is 1.82 bits per heavy atom. The minimum Gasteiger partial charge on any atom is -0.508 e. The van der Waals surface area contributed by atoms with E-state index in [0.29, 0.717) is 53.9 Å². The molecule has 1 aromatic heterocycles. The number of carbonyl (C=O) groups excluding carboxylic acids is 1. The van der Waals surface area contributed by atoms with Crippen LogP contribution in [0.5, 0.6) is 11.8 Å². The number of rotatable bonds is 5. The third-order valence-corrected chi connectivity index (χ3v) is 10.8. The third kappa shape index (κ3) is 5.59. The Morgan fingerprint density at radius 3 is 2.57 bits per heavy atom. The number of nitrogens with zero attached hydrogens (tertiary/aromatic N) is 5. The highest BCUT2D eigenvalue weighted by Gasteiger charge is 2.50. The van der Waals surface area contributed by atoms with Crippen LogP contribution in [0.4, 0.5) is 19.4 Å². The van der Waals surface area contributed by atoms with Gasteiger partial charge in [-0.3, -0.25) is 4.90 Å². The molecule has 0 saturated carbocycles. The number of ether oxygens (including phenoxy) is 2. The molecule has 0 aliphatic carbocycles. The van der Waals surface area contributed by atoms with Crippen LogP contribution in [0.25, 0.3) is 32.8 Å². The van der Waals surface area contributed by atoms with Crippen LogP contribution in [-0.2, 0) is 4.74 Å². The van der Waals surface area contributed by atoms with E-state index in [2.05, 4.69) is 9.80 Å². The molecule has 3 aromatic carbocycles. The summed E-state index contributed by atoms with van der Waals surface area (Å²) in [6, 6.07) is 12.7. The molecule has 8 rings (SSSR count). The van der Waals surface area contributed by atoms with Crippen molar-refractivity contribution in [2.24, 2.45) is 0 Å². The average Bonchev–Trinajstić information content (AvgIpc) is 3.65. The number of fused-ring (bicyclic) bond motifs is 5. The number of aromatic nitrogens is 2. The van der Waals surface area contributed by atoms with Crippen molar-refractivity contribution in [3.8, 4) is 22.9 Å². The molecule has 11 heteroatoms. The number of anilines is 1. The molecule has 4 aliphatic rings. The Hall–Kier alpha value is -4.25. The van der Waals surface area contributed by atoms with Crippen LogP contribution >= 0.6 is 0 Å². The molecule has 0 spiro atoms. The summed E-state index contributed by atoms with van der Waals surface area (Å²) >= 11 is 0. The number of hydrogen-bond donors (Lipinski definition) is 1. The van der Waals surface area contributed by atoms with E-state index in [0.717, 1.165) is 43.0 Å². The summed E-state index contributed by atoms with van der Waals surface area (Å²) < 4.78 is 43.8. The second-order valence-electron chi connectivity index (χ2n) is 15.4. The normalized spacial score (nSPS) is 25.4. The quantitative estimate of drug-likeness (QED) is 0.239. The van der Waals surface area contributed by atoms with Gasteiger partial charge >= 0.3 is 12.1 Å². The number of amides is 1. The lowest BCUT2D eigenvalue weighted by Crippen LogP contribution is -2.56. The number of phenolic OH excluding ortho intramolecular Hbond substituents is 1. The van der Waals surface area contributed by atoms with Gasteiger partial charge in [0.25, 0.3) is 0 Å². The zero-order chi connectivity index (χ0) is 34.2. The molecule has 4 saturated heterocycles. The number of piperazine rings is 1. The van der Waals surface area contributed by atoms with Gasteiger partial charge in [-0.15, -0.1) is 0 Å². The van der Waals surface area contributed by atoms with Gasteiger partial charge in [0.1, 0.15) is 35.5 Å². The first-order chi connectivity index (χ1) is 23.4. The molecule has 4 atom stereocenters. The van der Waals surface area contributed by atoms with E-state index >= 15 is 4.39 Å². The molecular weight excluding hydrogens is 628 g/mol. The summed E-state index contributed by atoms with van der Waals surface area (Å²) in [5.41, 5.74) is 0.697. The van der Waals surface area contributed by atoms with Crippen LogP contribution in [0.2, 0.25) is 0 Å². The second-order valence-corrected chi connectivity index (χ2v) is 15.4. The summed E-state index contributed by atoms with van der Waals surface area (Å²) in [5.74, 6) is 0.0908. The molecule has 0 radical (unpaired) electrons. The summed E-state index contributed by atoms with van der Waals surface area (Å²) in [7, 11) is 0. The molecule has 1 amide bonds. The summed E-state index contributed by atoms with van der Waals surface area (Å²) in [6.45, 7) is 9.80. The first kappa shape index (κ1) is 32.0. The maximum Gasteiger partial charge on any atom is 0.410 e. The average molecular weight is 672 g/mol. The number of benzene rings is 3. The van der Waals surface area contributed by atoms with Crippen LogP contribution in [0.3, 0.4) is 0 Å². The van der Waals surface area contributed by atoms with E-state index < -0.39 is 23.1 Å². The van der Waals surface area contributed by atoms with Gasteiger partial charge in [0, 0.05) is 49.1 Å². The van der Waals surface area contributed by atoms with E-state index in [1.165, 1.54) is 0 Å². The number of halogens is 2. The third-order valence-electron chi connectivity index (χ3n) is 10.8. The van der Waals surface area contributed by atoms with Crippen molar-refractivity contribution in [1.82, 2.24) is 19.8 Å². The van der Waals surface area contributed by atoms with Gasteiger partial charge < -0.3 is 24.4 Å². The highest BCUT2D eigenvalue weighted by atomic mass is 19.1. The minimum absolute atomic E-state index is 0.0440. The number of alkyl halides is 1.